The van der Waals surface area contributed by atoms with Crippen LogP contribution in [0.25, 0.3) is 0 Å². The molecule has 0 bridgehead atoms. The van der Waals surface area contributed by atoms with Gasteiger partial charge in [-0.25, -0.2) is 9.37 Å². The summed E-state index contributed by atoms with van der Waals surface area (Å²) in [5.74, 6) is -0.567. The smallest absolute Gasteiger partial charge is 0.269 e. The molecule has 0 saturated heterocycles. The maximum absolute atomic E-state index is 13.2. The molecule has 2 N–H and O–H groups in total. The maximum atomic E-state index is 13.2. The Kier molecular flexibility index (Phi) is 5.81. The number of carbonyl (C=O) groups excluding carboxylic acids is 1. The second kappa shape index (κ2) is 8.45. The molecule has 26 heavy (non-hydrogen) atoms. The number of benzene rings is 2. The van der Waals surface area contributed by atoms with Crippen molar-refractivity contribution in [1.82, 2.24) is 10.3 Å². The summed E-state index contributed by atoms with van der Waals surface area (Å²) in [5.41, 5.74) is 2.66. The van der Waals surface area contributed by atoms with Crippen LogP contribution in [0.2, 0.25) is 5.02 Å². The molecule has 0 saturated carbocycles. The topological polar surface area (TPSA) is 54.0 Å². The van der Waals surface area contributed by atoms with Gasteiger partial charge in [-0.05, 0) is 54.4 Å². The van der Waals surface area contributed by atoms with Crippen molar-refractivity contribution in [3.63, 3.8) is 0 Å². The Morgan fingerprint density at radius 3 is 2.62 bits per heavy atom. The van der Waals surface area contributed by atoms with Gasteiger partial charge < -0.3 is 10.6 Å². The highest BCUT2D eigenvalue weighted by Gasteiger charge is 2.07. The van der Waals surface area contributed by atoms with Crippen molar-refractivity contribution < 1.29 is 9.18 Å². The Balaban J connectivity index is 1.53. The number of nitrogens with zero attached hydrogens (tertiary/aromatic N) is 1. The molecule has 0 unspecified atom stereocenters. The molecular formula is C20H17ClFN3O. The molecule has 4 nitrogen and oxygen atoms in total. The van der Waals surface area contributed by atoms with Gasteiger partial charge in [-0.15, -0.1) is 0 Å². The fourth-order valence-corrected chi connectivity index (χ4v) is 2.65. The molecule has 1 amide bonds. The predicted octanol–water partition coefficient (Wildman–Crippen LogP) is 4.59. The fraction of sp³-hybridized carbons (Fsp3) is 0.100. The van der Waals surface area contributed by atoms with E-state index in [9.17, 15) is 9.18 Å². The van der Waals surface area contributed by atoms with E-state index in [1.807, 2.05) is 24.3 Å². The van der Waals surface area contributed by atoms with Gasteiger partial charge in [0.05, 0.1) is 11.9 Å². The van der Waals surface area contributed by atoms with Crippen LogP contribution in [-0.4, -0.2) is 17.4 Å². The van der Waals surface area contributed by atoms with E-state index in [1.54, 1.807) is 24.3 Å². The lowest BCUT2D eigenvalue weighted by Gasteiger charge is -2.08. The number of hydrogen-bond donors (Lipinski definition) is 2. The second-order valence-corrected chi connectivity index (χ2v) is 6.14. The number of halogens is 2. The van der Waals surface area contributed by atoms with Gasteiger partial charge in [-0.1, -0.05) is 29.8 Å². The molecular weight excluding hydrogens is 353 g/mol. The number of anilines is 2. The van der Waals surface area contributed by atoms with Gasteiger partial charge >= 0.3 is 0 Å². The van der Waals surface area contributed by atoms with Crippen LogP contribution >= 0.6 is 11.6 Å². The van der Waals surface area contributed by atoms with Crippen molar-refractivity contribution >= 4 is 28.9 Å². The van der Waals surface area contributed by atoms with E-state index < -0.39 is 0 Å². The number of rotatable bonds is 6. The van der Waals surface area contributed by atoms with Gasteiger partial charge in [0, 0.05) is 17.3 Å². The highest BCUT2D eigenvalue weighted by molar-refractivity contribution is 6.30. The van der Waals surface area contributed by atoms with Crippen LogP contribution in [0.1, 0.15) is 16.1 Å². The van der Waals surface area contributed by atoms with Crippen molar-refractivity contribution in [2.45, 2.75) is 6.42 Å². The van der Waals surface area contributed by atoms with Gasteiger partial charge in [-0.3, -0.25) is 4.79 Å². The molecule has 1 aromatic heterocycles. The third kappa shape index (κ3) is 5.04. The Morgan fingerprint density at radius 1 is 1.04 bits per heavy atom. The molecule has 6 heteroatoms. The Hall–Kier alpha value is -2.92. The zero-order chi connectivity index (χ0) is 18.4. The molecule has 132 valence electrons. The molecule has 0 atom stereocenters. The minimum Gasteiger partial charge on any atom is -0.354 e. The summed E-state index contributed by atoms with van der Waals surface area (Å²) in [6, 6.07) is 17.0. The first-order chi connectivity index (χ1) is 12.6. The molecule has 0 aliphatic rings. The molecule has 2 aromatic carbocycles. The standard InChI is InChI=1S/C20H17ClFN3O/c21-15-4-1-3-14(11-15)9-10-23-20(26)19-8-7-18(13-24-19)25-17-6-2-5-16(22)12-17/h1-8,11-13,25H,9-10H2,(H,23,26). The summed E-state index contributed by atoms with van der Waals surface area (Å²) in [6.45, 7) is 0.490. The number of carbonyl (C=O) groups is 1. The van der Waals surface area contributed by atoms with E-state index in [1.165, 1.54) is 18.3 Å². The zero-order valence-electron chi connectivity index (χ0n) is 13.9. The average Bonchev–Trinajstić information content (AvgIpc) is 2.62. The second-order valence-electron chi connectivity index (χ2n) is 5.70. The SMILES string of the molecule is O=C(NCCc1cccc(Cl)c1)c1ccc(Nc2cccc(F)c2)cn1. The van der Waals surface area contributed by atoms with Crippen molar-refractivity contribution in [3.05, 3.63) is 89.0 Å². The van der Waals surface area contributed by atoms with Crippen molar-refractivity contribution in [1.29, 1.82) is 0 Å². The van der Waals surface area contributed by atoms with Crippen LogP contribution < -0.4 is 10.6 Å². The average molecular weight is 370 g/mol. The first kappa shape index (κ1) is 17.9. The Morgan fingerprint density at radius 2 is 1.88 bits per heavy atom. The number of nitrogens with one attached hydrogen (secondary N) is 2. The number of aromatic nitrogens is 1. The van der Waals surface area contributed by atoms with Gasteiger partial charge in [0.1, 0.15) is 11.5 Å². The Labute approximate surface area is 156 Å². The van der Waals surface area contributed by atoms with Crippen LogP contribution in [0.15, 0.2) is 66.9 Å². The maximum Gasteiger partial charge on any atom is 0.269 e. The number of amides is 1. The van der Waals surface area contributed by atoms with Crippen molar-refractivity contribution in [2.75, 3.05) is 11.9 Å². The van der Waals surface area contributed by atoms with Gasteiger partial charge in [0.25, 0.3) is 5.91 Å². The van der Waals surface area contributed by atoms with E-state index in [4.69, 9.17) is 11.6 Å². The quantitative estimate of drug-likeness (QED) is 0.668. The van der Waals surface area contributed by atoms with Crippen molar-refractivity contribution in [3.8, 4) is 0 Å². The molecule has 3 aromatic rings. The normalized spacial score (nSPS) is 10.4. The first-order valence-corrected chi connectivity index (χ1v) is 8.49. The summed E-state index contributed by atoms with van der Waals surface area (Å²) >= 11 is 5.94. The number of pyridine rings is 1. The largest absolute Gasteiger partial charge is 0.354 e. The van der Waals surface area contributed by atoms with E-state index >= 15 is 0 Å². The van der Waals surface area contributed by atoms with E-state index in [-0.39, 0.29) is 11.7 Å². The minimum absolute atomic E-state index is 0.246. The minimum atomic E-state index is -0.321. The molecule has 3 rings (SSSR count). The number of hydrogen-bond acceptors (Lipinski definition) is 3. The summed E-state index contributed by atoms with van der Waals surface area (Å²) < 4.78 is 13.2. The first-order valence-electron chi connectivity index (χ1n) is 8.11. The van der Waals surface area contributed by atoms with Crippen molar-refractivity contribution in [2.24, 2.45) is 0 Å². The lowest BCUT2D eigenvalue weighted by atomic mass is 10.1. The van der Waals surface area contributed by atoms with E-state index in [0.717, 1.165) is 5.56 Å². The van der Waals surface area contributed by atoms with Crippen LogP contribution in [0.5, 0.6) is 0 Å². The monoisotopic (exact) mass is 369 g/mol. The highest BCUT2D eigenvalue weighted by atomic mass is 35.5. The molecule has 0 aliphatic carbocycles. The van der Waals surface area contributed by atoms with E-state index in [0.29, 0.717) is 35.1 Å². The zero-order valence-corrected chi connectivity index (χ0v) is 14.6. The summed E-state index contributed by atoms with van der Waals surface area (Å²) in [6.07, 6.45) is 2.22. The molecule has 1 heterocycles. The summed E-state index contributed by atoms with van der Waals surface area (Å²) in [7, 11) is 0. The highest BCUT2D eigenvalue weighted by Crippen LogP contribution is 2.16. The third-order valence-electron chi connectivity index (χ3n) is 3.70. The van der Waals surface area contributed by atoms with Crippen LogP contribution in [0.3, 0.4) is 0 Å². The molecule has 0 aliphatic heterocycles. The molecule has 0 radical (unpaired) electrons. The fourth-order valence-electron chi connectivity index (χ4n) is 2.44. The third-order valence-corrected chi connectivity index (χ3v) is 3.93. The van der Waals surface area contributed by atoms with Crippen LogP contribution in [0, 0.1) is 5.82 Å². The van der Waals surface area contributed by atoms with Gasteiger partial charge in [0.15, 0.2) is 0 Å². The van der Waals surface area contributed by atoms with E-state index in [2.05, 4.69) is 15.6 Å². The van der Waals surface area contributed by atoms with Crippen LogP contribution in [-0.2, 0) is 6.42 Å². The Bertz CT molecular complexity index is 900. The van der Waals surface area contributed by atoms with Gasteiger partial charge in [0.2, 0.25) is 0 Å². The lowest BCUT2D eigenvalue weighted by Crippen LogP contribution is -2.26. The predicted molar refractivity (Wildman–Crippen MR) is 101 cm³/mol. The molecule has 0 fully saturated rings. The van der Waals surface area contributed by atoms with Gasteiger partial charge in [-0.2, -0.15) is 0 Å². The summed E-state index contributed by atoms with van der Waals surface area (Å²) in [5, 5.41) is 6.54. The molecule has 0 spiro atoms. The summed E-state index contributed by atoms with van der Waals surface area (Å²) in [4.78, 5) is 16.3. The van der Waals surface area contributed by atoms with Crippen LogP contribution in [0.4, 0.5) is 15.8 Å². The lowest BCUT2D eigenvalue weighted by molar-refractivity contribution is 0.0949.